The average Bonchev–Trinajstić information content (AvgIpc) is 2.73. The van der Waals surface area contributed by atoms with Gasteiger partial charge < -0.3 is 9.84 Å². The third-order valence-electron chi connectivity index (χ3n) is 2.34. The van der Waals surface area contributed by atoms with E-state index in [1.807, 2.05) is 0 Å². The molecule has 0 saturated carbocycles. The number of carboxylic acids is 1. The van der Waals surface area contributed by atoms with Crippen LogP contribution in [0.5, 0.6) is 5.75 Å². The van der Waals surface area contributed by atoms with Crippen LogP contribution in [-0.4, -0.2) is 47.4 Å². The van der Waals surface area contributed by atoms with E-state index in [2.05, 4.69) is 10.4 Å². The second kappa shape index (κ2) is 5.83. The van der Waals surface area contributed by atoms with Crippen LogP contribution in [0.15, 0.2) is 29.4 Å². The number of carbonyl (C=O) groups is 3. The lowest BCUT2D eigenvalue weighted by molar-refractivity contribution is -0.139. The second-order valence-electron chi connectivity index (χ2n) is 3.91. The molecule has 0 aromatic heterocycles. The number of amides is 3. The largest absolute Gasteiger partial charge is 0.482 e. The van der Waals surface area contributed by atoms with Crippen LogP contribution in [0.4, 0.5) is 4.79 Å². The van der Waals surface area contributed by atoms with Crippen LogP contribution in [-0.2, 0) is 9.59 Å². The number of hydrazone groups is 1. The lowest BCUT2D eigenvalue weighted by atomic mass is 10.2. The van der Waals surface area contributed by atoms with E-state index in [4.69, 9.17) is 9.84 Å². The van der Waals surface area contributed by atoms with E-state index in [9.17, 15) is 14.4 Å². The molecule has 1 aliphatic rings. The van der Waals surface area contributed by atoms with Gasteiger partial charge in [-0.05, 0) is 17.7 Å². The standard InChI is InChI=1S/C12H11N3O5/c16-10-6-15(12(19)14-10)13-5-8-2-1-3-9(4-8)20-7-11(17)18/h1-5H,6-7H2,(H,17,18)(H,14,16,19)/b13-5+. The molecule has 0 bridgehead atoms. The fourth-order valence-corrected chi connectivity index (χ4v) is 1.49. The summed E-state index contributed by atoms with van der Waals surface area (Å²) in [6, 6.07) is 5.96. The first-order valence-electron chi connectivity index (χ1n) is 5.64. The molecular formula is C12H11N3O5. The van der Waals surface area contributed by atoms with E-state index in [0.717, 1.165) is 5.01 Å². The van der Waals surface area contributed by atoms with Gasteiger partial charge in [0.2, 0.25) is 5.91 Å². The Morgan fingerprint density at radius 2 is 2.30 bits per heavy atom. The quantitative estimate of drug-likeness (QED) is 0.583. The minimum Gasteiger partial charge on any atom is -0.482 e. The Morgan fingerprint density at radius 3 is 2.95 bits per heavy atom. The number of hydrogen-bond donors (Lipinski definition) is 2. The number of carboxylic acid groups (broad SMARTS) is 1. The molecule has 1 heterocycles. The van der Waals surface area contributed by atoms with E-state index < -0.39 is 24.5 Å². The van der Waals surface area contributed by atoms with Gasteiger partial charge in [0, 0.05) is 0 Å². The highest BCUT2D eigenvalue weighted by atomic mass is 16.5. The van der Waals surface area contributed by atoms with Crippen molar-refractivity contribution in [1.29, 1.82) is 0 Å². The number of carbonyl (C=O) groups excluding carboxylic acids is 2. The maximum atomic E-state index is 11.2. The summed E-state index contributed by atoms with van der Waals surface area (Å²) in [5.41, 5.74) is 0.611. The van der Waals surface area contributed by atoms with Crippen molar-refractivity contribution >= 4 is 24.1 Å². The molecule has 1 aromatic carbocycles. The van der Waals surface area contributed by atoms with Gasteiger partial charge in [0.1, 0.15) is 12.3 Å². The molecule has 0 aliphatic carbocycles. The van der Waals surface area contributed by atoms with Gasteiger partial charge in [0.15, 0.2) is 6.61 Å². The van der Waals surface area contributed by atoms with Gasteiger partial charge >= 0.3 is 12.0 Å². The zero-order chi connectivity index (χ0) is 14.5. The summed E-state index contributed by atoms with van der Waals surface area (Å²) in [6.07, 6.45) is 1.38. The number of imide groups is 1. The number of nitrogens with zero attached hydrogens (tertiary/aromatic N) is 2. The number of hydrogen-bond acceptors (Lipinski definition) is 5. The molecule has 2 N–H and O–H groups in total. The Morgan fingerprint density at radius 1 is 1.50 bits per heavy atom. The van der Waals surface area contributed by atoms with Gasteiger partial charge in [-0.2, -0.15) is 5.10 Å². The van der Waals surface area contributed by atoms with Crippen molar-refractivity contribution in [3.05, 3.63) is 29.8 Å². The summed E-state index contributed by atoms with van der Waals surface area (Å²) in [5, 5.41) is 15.5. The van der Waals surface area contributed by atoms with Gasteiger partial charge in [0.25, 0.3) is 0 Å². The topological polar surface area (TPSA) is 108 Å². The number of nitrogens with one attached hydrogen (secondary N) is 1. The van der Waals surface area contributed by atoms with Crippen molar-refractivity contribution in [2.75, 3.05) is 13.2 Å². The van der Waals surface area contributed by atoms with Crippen LogP contribution < -0.4 is 10.1 Å². The van der Waals surface area contributed by atoms with E-state index in [-0.39, 0.29) is 6.54 Å². The molecule has 1 aromatic rings. The molecule has 104 valence electrons. The lowest BCUT2D eigenvalue weighted by Crippen LogP contribution is -2.24. The second-order valence-corrected chi connectivity index (χ2v) is 3.91. The Bertz CT molecular complexity index is 584. The van der Waals surface area contributed by atoms with Crippen LogP contribution >= 0.6 is 0 Å². The molecule has 20 heavy (non-hydrogen) atoms. The van der Waals surface area contributed by atoms with Crippen molar-refractivity contribution in [2.45, 2.75) is 0 Å². The predicted octanol–water partition coefficient (Wildman–Crippen LogP) is 0.0357. The molecule has 0 atom stereocenters. The van der Waals surface area contributed by atoms with Crippen LogP contribution in [0.25, 0.3) is 0 Å². The summed E-state index contributed by atoms with van der Waals surface area (Å²) in [7, 11) is 0. The Labute approximate surface area is 113 Å². The Balaban J connectivity index is 2.02. The fourth-order valence-electron chi connectivity index (χ4n) is 1.49. The maximum Gasteiger partial charge on any atom is 0.344 e. The number of benzene rings is 1. The highest BCUT2D eigenvalue weighted by Gasteiger charge is 2.25. The molecule has 0 radical (unpaired) electrons. The SMILES string of the molecule is O=C(O)COc1cccc(/C=N/N2CC(=O)NC2=O)c1. The Kier molecular flexibility index (Phi) is 3.94. The number of ether oxygens (including phenoxy) is 1. The van der Waals surface area contributed by atoms with Crippen molar-refractivity contribution in [3.8, 4) is 5.75 Å². The van der Waals surface area contributed by atoms with Gasteiger partial charge in [-0.15, -0.1) is 0 Å². The fraction of sp³-hybridized carbons (Fsp3) is 0.167. The minimum absolute atomic E-state index is 0.120. The summed E-state index contributed by atoms with van der Waals surface area (Å²) in [6.45, 7) is -0.561. The molecular weight excluding hydrogens is 266 g/mol. The molecule has 8 heteroatoms. The third-order valence-corrected chi connectivity index (χ3v) is 2.34. The summed E-state index contributed by atoms with van der Waals surface area (Å²) < 4.78 is 5.01. The van der Waals surface area contributed by atoms with Crippen LogP contribution in [0.1, 0.15) is 5.56 Å². The van der Waals surface area contributed by atoms with Crippen molar-refractivity contribution < 1.29 is 24.2 Å². The first-order chi connectivity index (χ1) is 9.54. The maximum absolute atomic E-state index is 11.2. The van der Waals surface area contributed by atoms with Crippen LogP contribution in [0.3, 0.4) is 0 Å². The normalized spacial score (nSPS) is 14.7. The summed E-state index contributed by atoms with van der Waals surface area (Å²) in [5.74, 6) is -1.11. The highest BCUT2D eigenvalue weighted by Crippen LogP contribution is 2.12. The van der Waals surface area contributed by atoms with Gasteiger partial charge in [-0.3, -0.25) is 10.1 Å². The number of urea groups is 1. The molecule has 0 unspecified atom stereocenters. The van der Waals surface area contributed by atoms with Crippen molar-refractivity contribution in [2.24, 2.45) is 5.10 Å². The van der Waals surface area contributed by atoms with Gasteiger partial charge in [-0.1, -0.05) is 12.1 Å². The van der Waals surface area contributed by atoms with Crippen molar-refractivity contribution in [1.82, 2.24) is 10.3 Å². The monoisotopic (exact) mass is 277 g/mol. The molecule has 1 saturated heterocycles. The van der Waals surface area contributed by atoms with E-state index in [1.165, 1.54) is 6.21 Å². The summed E-state index contributed by atoms with van der Waals surface area (Å²) in [4.78, 5) is 32.6. The van der Waals surface area contributed by atoms with E-state index >= 15 is 0 Å². The minimum atomic E-state index is -1.07. The number of aliphatic carboxylic acids is 1. The average molecular weight is 277 g/mol. The molecule has 3 amide bonds. The van der Waals surface area contributed by atoms with Crippen LogP contribution in [0.2, 0.25) is 0 Å². The van der Waals surface area contributed by atoms with Crippen LogP contribution in [0, 0.1) is 0 Å². The van der Waals surface area contributed by atoms with E-state index in [1.54, 1.807) is 24.3 Å². The van der Waals surface area contributed by atoms with E-state index in [0.29, 0.717) is 11.3 Å². The zero-order valence-electron chi connectivity index (χ0n) is 10.3. The first-order valence-corrected chi connectivity index (χ1v) is 5.64. The highest BCUT2D eigenvalue weighted by molar-refractivity contribution is 6.02. The predicted molar refractivity (Wildman–Crippen MR) is 67.4 cm³/mol. The molecule has 1 fully saturated rings. The first kappa shape index (κ1) is 13.5. The van der Waals surface area contributed by atoms with Gasteiger partial charge in [0.05, 0.1) is 6.21 Å². The molecule has 1 aliphatic heterocycles. The smallest absolute Gasteiger partial charge is 0.344 e. The molecule has 2 rings (SSSR count). The summed E-state index contributed by atoms with van der Waals surface area (Å²) >= 11 is 0. The Hall–Kier alpha value is -2.90. The zero-order valence-corrected chi connectivity index (χ0v) is 10.3. The number of rotatable bonds is 5. The lowest BCUT2D eigenvalue weighted by Gasteiger charge is -2.05. The molecule has 8 nitrogen and oxygen atoms in total. The third kappa shape index (κ3) is 3.55. The van der Waals surface area contributed by atoms with Gasteiger partial charge in [-0.25, -0.2) is 14.6 Å². The van der Waals surface area contributed by atoms with Crippen molar-refractivity contribution in [3.63, 3.8) is 0 Å². The molecule has 0 spiro atoms.